The maximum atomic E-state index is 15.0. The Morgan fingerprint density at radius 2 is 1.97 bits per heavy atom. The smallest absolute Gasteiger partial charge is 0.410 e. The Morgan fingerprint density at radius 1 is 1.21 bits per heavy atom. The Labute approximate surface area is 231 Å². The summed E-state index contributed by atoms with van der Waals surface area (Å²) in [6.07, 6.45) is 3.46. The van der Waals surface area contributed by atoms with E-state index in [0.717, 1.165) is 25.7 Å². The molecule has 2 aromatic rings. The number of pyridine rings is 1. The van der Waals surface area contributed by atoms with E-state index in [4.69, 9.17) is 26.1 Å². The fourth-order valence-corrected chi connectivity index (χ4v) is 6.27. The molecule has 6 rings (SSSR count). The molecule has 1 N–H and O–H groups in total. The quantitative estimate of drug-likeness (QED) is 0.564. The molecule has 9 nitrogen and oxygen atoms in total. The highest BCUT2D eigenvalue weighted by molar-refractivity contribution is 6.35. The topological polar surface area (TPSA) is 95.4 Å². The van der Waals surface area contributed by atoms with Crippen LogP contribution in [0.5, 0.6) is 11.5 Å². The maximum absolute atomic E-state index is 15.0. The molecule has 2 saturated heterocycles. The van der Waals surface area contributed by atoms with Crippen LogP contribution in [0.3, 0.4) is 0 Å². The van der Waals surface area contributed by atoms with Crippen LogP contribution < -0.4 is 9.64 Å². The summed E-state index contributed by atoms with van der Waals surface area (Å²) < 4.78 is 26.8. The van der Waals surface area contributed by atoms with Crippen molar-refractivity contribution in [3.8, 4) is 22.8 Å². The number of nitrogens with zero attached hydrogens (tertiary/aromatic N) is 4. The molecule has 2 amide bonds. The van der Waals surface area contributed by atoms with Crippen LogP contribution in [0.1, 0.15) is 56.8 Å². The number of halogens is 2. The predicted octanol–water partition coefficient (Wildman–Crippen LogP) is 4.83. The Morgan fingerprint density at radius 3 is 2.67 bits per heavy atom. The molecular formula is C28H32ClFN4O5. The Balaban J connectivity index is 1.43. The lowest BCUT2D eigenvalue weighted by atomic mass is 10.0. The van der Waals surface area contributed by atoms with Crippen molar-refractivity contribution in [2.24, 2.45) is 0 Å². The second-order valence-electron chi connectivity index (χ2n) is 11.8. The summed E-state index contributed by atoms with van der Waals surface area (Å²) in [5.41, 5.74) is -0.570. The summed E-state index contributed by atoms with van der Waals surface area (Å²) in [6, 6.07) is 3.57. The first kappa shape index (κ1) is 26.0. The van der Waals surface area contributed by atoms with Gasteiger partial charge in [0.05, 0.1) is 11.6 Å². The van der Waals surface area contributed by atoms with Gasteiger partial charge < -0.3 is 29.3 Å². The van der Waals surface area contributed by atoms with E-state index < -0.39 is 23.6 Å². The number of aromatic hydroxyl groups is 1. The summed E-state index contributed by atoms with van der Waals surface area (Å²) in [5.74, 6) is -0.730. The van der Waals surface area contributed by atoms with Gasteiger partial charge in [0.15, 0.2) is 5.75 Å². The number of hydrogen-bond donors (Lipinski definition) is 1. The zero-order chi connectivity index (χ0) is 27.7. The Bertz CT molecular complexity index is 1340. The first-order valence-corrected chi connectivity index (χ1v) is 13.8. The fraction of sp³-hybridized carbons (Fsp3) is 0.536. The lowest BCUT2D eigenvalue weighted by Gasteiger charge is -2.40. The third-order valence-corrected chi connectivity index (χ3v) is 8.36. The maximum Gasteiger partial charge on any atom is 0.410 e. The first-order chi connectivity index (χ1) is 18.5. The van der Waals surface area contributed by atoms with Gasteiger partial charge in [0.1, 0.15) is 45.9 Å². The Kier molecular flexibility index (Phi) is 6.09. The summed E-state index contributed by atoms with van der Waals surface area (Å²) in [4.78, 5) is 37.2. The van der Waals surface area contributed by atoms with Crippen LogP contribution in [0.4, 0.5) is 15.0 Å². The number of amides is 2. The molecule has 1 aliphatic carbocycles. The van der Waals surface area contributed by atoms with E-state index in [9.17, 15) is 14.7 Å². The minimum absolute atomic E-state index is 0.0320. The molecular weight excluding hydrogens is 527 g/mol. The van der Waals surface area contributed by atoms with E-state index in [1.54, 1.807) is 9.80 Å². The lowest BCUT2D eigenvalue weighted by Crippen LogP contribution is -2.58. The van der Waals surface area contributed by atoms with Crippen LogP contribution in [-0.4, -0.2) is 81.9 Å². The average molecular weight is 559 g/mol. The van der Waals surface area contributed by atoms with Gasteiger partial charge in [-0.15, -0.1) is 0 Å². The van der Waals surface area contributed by atoms with Gasteiger partial charge in [0, 0.05) is 31.7 Å². The predicted molar refractivity (Wildman–Crippen MR) is 143 cm³/mol. The van der Waals surface area contributed by atoms with Crippen molar-refractivity contribution in [2.45, 2.75) is 63.6 Å². The molecule has 1 saturated carbocycles. The number of piperazine rings is 1. The van der Waals surface area contributed by atoms with Gasteiger partial charge in [-0.2, -0.15) is 0 Å². The number of fused-ring (bicyclic) bond motifs is 2. The summed E-state index contributed by atoms with van der Waals surface area (Å²) >= 11 is 6.82. The van der Waals surface area contributed by atoms with Crippen molar-refractivity contribution in [1.82, 2.24) is 14.8 Å². The zero-order valence-electron chi connectivity index (χ0n) is 22.3. The number of anilines is 1. The molecule has 1 spiro atoms. The van der Waals surface area contributed by atoms with Crippen LogP contribution in [0.15, 0.2) is 18.2 Å². The molecule has 11 heteroatoms. The number of benzene rings is 1. The number of ether oxygens (including phenoxy) is 2. The van der Waals surface area contributed by atoms with Crippen molar-refractivity contribution in [3.05, 3.63) is 34.6 Å². The van der Waals surface area contributed by atoms with E-state index in [1.807, 2.05) is 20.8 Å². The van der Waals surface area contributed by atoms with Crippen LogP contribution >= 0.6 is 11.6 Å². The first-order valence-electron chi connectivity index (χ1n) is 13.4. The molecule has 1 aromatic carbocycles. The van der Waals surface area contributed by atoms with E-state index in [0.29, 0.717) is 25.5 Å². The largest absolute Gasteiger partial charge is 0.507 e. The summed E-state index contributed by atoms with van der Waals surface area (Å²) in [6.45, 7) is 7.06. The molecule has 0 unspecified atom stereocenters. The molecule has 3 fully saturated rings. The highest BCUT2D eigenvalue weighted by Gasteiger charge is 2.53. The van der Waals surface area contributed by atoms with Crippen molar-refractivity contribution < 1.29 is 28.6 Å². The molecule has 4 aliphatic rings. The molecule has 1 aromatic heterocycles. The van der Waals surface area contributed by atoms with Gasteiger partial charge in [-0.1, -0.05) is 17.7 Å². The van der Waals surface area contributed by atoms with Gasteiger partial charge >= 0.3 is 6.09 Å². The van der Waals surface area contributed by atoms with Gasteiger partial charge in [0.25, 0.3) is 5.91 Å². The normalized spacial score (nSPS) is 21.8. The van der Waals surface area contributed by atoms with Crippen LogP contribution in [-0.2, 0) is 4.74 Å². The van der Waals surface area contributed by atoms with Gasteiger partial charge in [0.2, 0.25) is 0 Å². The van der Waals surface area contributed by atoms with E-state index in [-0.39, 0.29) is 57.9 Å². The SMILES string of the molecule is CC(C)(C)OC(=O)N1CCN2C(=O)c3c(N4CCCC45CC5)nc(-c4c(O)cccc4F)c(Cl)c3OC[C@H]2C1. The summed E-state index contributed by atoms with van der Waals surface area (Å²) in [5, 5.41) is 10.5. The van der Waals surface area contributed by atoms with Gasteiger partial charge in [-0.3, -0.25) is 4.79 Å². The zero-order valence-corrected chi connectivity index (χ0v) is 23.1. The van der Waals surface area contributed by atoms with E-state index in [2.05, 4.69) is 4.90 Å². The van der Waals surface area contributed by atoms with Crippen molar-refractivity contribution in [2.75, 3.05) is 37.7 Å². The van der Waals surface area contributed by atoms with Crippen LogP contribution in [0.2, 0.25) is 5.02 Å². The number of aromatic nitrogens is 1. The second-order valence-corrected chi connectivity index (χ2v) is 12.2. The third-order valence-electron chi connectivity index (χ3n) is 8.01. The van der Waals surface area contributed by atoms with E-state index in [1.165, 1.54) is 18.2 Å². The highest BCUT2D eigenvalue weighted by atomic mass is 35.5. The van der Waals surface area contributed by atoms with Crippen LogP contribution in [0, 0.1) is 5.82 Å². The van der Waals surface area contributed by atoms with Crippen molar-refractivity contribution in [1.29, 1.82) is 0 Å². The molecule has 0 radical (unpaired) electrons. The second kappa shape index (κ2) is 9.15. The number of hydrogen-bond acceptors (Lipinski definition) is 7. The standard InChI is InChI=1S/C28H32ClFN4O5/c1-27(2,3)39-26(37)32-12-13-33-16(14-32)15-38-23-20(25(33)36)24(34-11-5-8-28(34)9-10-28)31-22(21(23)29)19-17(30)6-4-7-18(19)35/h4,6-7,16,35H,5,8-15H2,1-3H3/t16-/m1/s1. The van der Waals surface area contributed by atoms with Gasteiger partial charge in [-0.25, -0.2) is 14.2 Å². The van der Waals surface area contributed by atoms with Crippen molar-refractivity contribution in [3.63, 3.8) is 0 Å². The third kappa shape index (κ3) is 4.42. The lowest BCUT2D eigenvalue weighted by molar-refractivity contribution is 0.000953. The average Bonchev–Trinajstić information content (AvgIpc) is 3.55. The minimum atomic E-state index is -0.678. The van der Waals surface area contributed by atoms with Crippen molar-refractivity contribution >= 4 is 29.4 Å². The fourth-order valence-electron chi connectivity index (χ4n) is 5.98. The molecule has 1 atom stereocenters. The summed E-state index contributed by atoms with van der Waals surface area (Å²) in [7, 11) is 0. The molecule has 0 bridgehead atoms. The number of carbonyl (C=O) groups is 2. The monoisotopic (exact) mass is 558 g/mol. The molecule has 4 heterocycles. The van der Waals surface area contributed by atoms with Gasteiger partial charge in [-0.05, 0) is 58.6 Å². The minimum Gasteiger partial charge on any atom is -0.507 e. The van der Waals surface area contributed by atoms with Crippen LogP contribution in [0.25, 0.3) is 11.3 Å². The number of phenolic OH excluding ortho intramolecular Hbond substituents is 1. The Hall–Kier alpha value is -3.27. The number of phenols is 1. The molecule has 3 aliphatic heterocycles. The number of rotatable bonds is 2. The number of carbonyl (C=O) groups excluding carboxylic acids is 2. The highest BCUT2D eigenvalue weighted by Crippen LogP contribution is 2.54. The molecule has 208 valence electrons. The van der Waals surface area contributed by atoms with E-state index >= 15 is 4.39 Å². The molecule has 39 heavy (non-hydrogen) atoms.